The number of nitro benzene ring substituents is 1. The smallest absolute Gasteiger partial charge is 0.292 e. The zero-order valence-electron chi connectivity index (χ0n) is 12.4. The number of para-hydroxylation sites is 1. The number of rotatable bonds is 9. The second kappa shape index (κ2) is 8.50. The minimum atomic E-state index is -0.337. The van der Waals surface area contributed by atoms with Crippen LogP contribution in [0.15, 0.2) is 18.2 Å². The normalized spacial score (nSPS) is 10.8. The molecule has 1 aromatic carbocycles. The molecule has 1 N–H and O–H groups in total. The van der Waals surface area contributed by atoms with Crippen LogP contribution >= 0.6 is 0 Å². The van der Waals surface area contributed by atoms with Crippen molar-refractivity contribution in [2.45, 2.75) is 19.9 Å². The molecule has 6 nitrogen and oxygen atoms in total. The number of hydrogen-bond acceptors (Lipinski definition) is 5. The summed E-state index contributed by atoms with van der Waals surface area (Å²) >= 11 is 0. The standard InChI is InChI=1S/C14H23N3O3/c1-4-8-15-14-12(11-16(2)9-10-20-3)6-5-7-13(14)17(18)19/h5-7,15H,4,8-11H2,1-3H3. The average molecular weight is 281 g/mol. The first kappa shape index (κ1) is 16.4. The third kappa shape index (κ3) is 4.79. The molecule has 0 heterocycles. The van der Waals surface area contributed by atoms with Crippen molar-refractivity contribution in [1.82, 2.24) is 4.90 Å². The van der Waals surface area contributed by atoms with Crippen LogP contribution in [0.5, 0.6) is 0 Å². The van der Waals surface area contributed by atoms with Gasteiger partial charge in [-0.3, -0.25) is 15.0 Å². The molecule has 0 aromatic heterocycles. The molecule has 0 aliphatic rings. The van der Waals surface area contributed by atoms with E-state index in [1.54, 1.807) is 13.2 Å². The molecule has 20 heavy (non-hydrogen) atoms. The van der Waals surface area contributed by atoms with Crippen molar-refractivity contribution in [3.8, 4) is 0 Å². The number of likely N-dealkylation sites (N-methyl/N-ethyl adjacent to an activating group) is 1. The van der Waals surface area contributed by atoms with E-state index in [0.29, 0.717) is 18.8 Å². The van der Waals surface area contributed by atoms with E-state index in [9.17, 15) is 10.1 Å². The van der Waals surface area contributed by atoms with Gasteiger partial charge in [0, 0.05) is 32.8 Å². The molecule has 1 rings (SSSR count). The van der Waals surface area contributed by atoms with Gasteiger partial charge in [-0.05, 0) is 19.0 Å². The van der Waals surface area contributed by atoms with E-state index in [1.807, 2.05) is 20.0 Å². The summed E-state index contributed by atoms with van der Waals surface area (Å²) in [5.41, 5.74) is 1.70. The van der Waals surface area contributed by atoms with Gasteiger partial charge in [0.2, 0.25) is 0 Å². The molecular formula is C14H23N3O3. The summed E-state index contributed by atoms with van der Waals surface area (Å²) < 4.78 is 5.04. The van der Waals surface area contributed by atoms with Gasteiger partial charge >= 0.3 is 0 Å². The molecule has 0 atom stereocenters. The minimum Gasteiger partial charge on any atom is -0.383 e. The van der Waals surface area contributed by atoms with Gasteiger partial charge in [0.25, 0.3) is 5.69 Å². The summed E-state index contributed by atoms with van der Waals surface area (Å²) in [6.45, 7) is 4.83. The maximum Gasteiger partial charge on any atom is 0.292 e. The van der Waals surface area contributed by atoms with Crippen LogP contribution in [0.4, 0.5) is 11.4 Å². The number of benzene rings is 1. The SMILES string of the molecule is CCCNc1c(CN(C)CCOC)cccc1[N+](=O)[O-]. The predicted octanol–water partition coefficient (Wildman–Crippen LogP) is 2.49. The van der Waals surface area contributed by atoms with Gasteiger partial charge in [-0.25, -0.2) is 0 Å². The minimum absolute atomic E-state index is 0.135. The lowest BCUT2D eigenvalue weighted by molar-refractivity contribution is -0.384. The zero-order valence-corrected chi connectivity index (χ0v) is 12.4. The molecule has 0 unspecified atom stereocenters. The van der Waals surface area contributed by atoms with Gasteiger partial charge in [-0.15, -0.1) is 0 Å². The summed E-state index contributed by atoms with van der Waals surface area (Å²) in [4.78, 5) is 12.9. The third-order valence-corrected chi connectivity index (χ3v) is 2.99. The summed E-state index contributed by atoms with van der Waals surface area (Å²) in [6.07, 6.45) is 0.922. The molecule has 0 saturated carbocycles. The fourth-order valence-corrected chi connectivity index (χ4v) is 1.94. The number of hydrogen-bond donors (Lipinski definition) is 1. The van der Waals surface area contributed by atoms with Crippen molar-refractivity contribution >= 4 is 11.4 Å². The van der Waals surface area contributed by atoms with Crippen molar-refractivity contribution in [3.05, 3.63) is 33.9 Å². The van der Waals surface area contributed by atoms with Gasteiger partial charge in [0.05, 0.1) is 11.5 Å². The van der Waals surface area contributed by atoms with Crippen molar-refractivity contribution < 1.29 is 9.66 Å². The lowest BCUT2D eigenvalue weighted by Crippen LogP contribution is -2.23. The Morgan fingerprint density at radius 1 is 1.45 bits per heavy atom. The highest BCUT2D eigenvalue weighted by Crippen LogP contribution is 2.29. The van der Waals surface area contributed by atoms with Crippen LogP contribution in [-0.4, -0.2) is 43.7 Å². The molecule has 6 heteroatoms. The van der Waals surface area contributed by atoms with Crippen molar-refractivity contribution in [2.75, 3.05) is 39.2 Å². The molecular weight excluding hydrogens is 258 g/mol. The number of nitrogens with one attached hydrogen (secondary N) is 1. The summed E-state index contributed by atoms with van der Waals surface area (Å²) in [5.74, 6) is 0. The highest BCUT2D eigenvalue weighted by atomic mass is 16.6. The Balaban J connectivity index is 2.92. The van der Waals surface area contributed by atoms with E-state index in [2.05, 4.69) is 10.2 Å². The number of ether oxygens (including phenoxy) is 1. The average Bonchev–Trinajstić information content (AvgIpc) is 2.43. The van der Waals surface area contributed by atoms with Crippen molar-refractivity contribution in [3.63, 3.8) is 0 Å². The summed E-state index contributed by atoms with van der Waals surface area (Å²) in [6, 6.07) is 5.19. The first-order valence-electron chi connectivity index (χ1n) is 6.77. The molecule has 0 amide bonds. The van der Waals surface area contributed by atoms with Gasteiger partial charge in [0.1, 0.15) is 5.69 Å². The summed E-state index contributed by atoms with van der Waals surface area (Å²) in [5, 5.41) is 14.3. The first-order valence-corrected chi connectivity index (χ1v) is 6.77. The number of methoxy groups -OCH3 is 1. The van der Waals surface area contributed by atoms with Crippen LogP contribution in [-0.2, 0) is 11.3 Å². The molecule has 0 saturated heterocycles. The quantitative estimate of drug-likeness (QED) is 0.556. The Hall–Kier alpha value is -1.66. The van der Waals surface area contributed by atoms with E-state index >= 15 is 0 Å². The van der Waals surface area contributed by atoms with Crippen molar-refractivity contribution in [1.29, 1.82) is 0 Å². The molecule has 0 bridgehead atoms. The fraction of sp³-hybridized carbons (Fsp3) is 0.571. The number of nitrogens with zero attached hydrogens (tertiary/aromatic N) is 2. The molecule has 0 fully saturated rings. The topological polar surface area (TPSA) is 67.6 Å². The van der Waals surface area contributed by atoms with Gasteiger partial charge < -0.3 is 10.1 Å². The lowest BCUT2D eigenvalue weighted by Gasteiger charge is -2.19. The Morgan fingerprint density at radius 2 is 2.20 bits per heavy atom. The Kier molecular flexibility index (Phi) is 6.97. The highest BCUT2D eigenvalue weighted by Gasteiger charge is 2.17. The molecule has 0 radical (unpaired) electrons. The van der Waals surface area contributed by atoms with Gasteiger partial charge in [0.15, 0.2) is 0 Å². The van der Waals surface area contributed by atoms with Gasteiger partial charge in [-0.1, -0.05) is 19.1 Å². The third-order valence-electron chi connectivity index (χ3n) is 2.99. The maximum absolute atomic E-state index is 11.1. The molecule has 0 spiro atoms. The number of anilines is 1. The van der Waals surface area contributed by atoms with Crippen LogP contribution in [0.25, 0.3) is 0 Å². The van der Waals surface area contributed by atoms with Crippen LogP contribution in [0.1, 0.15) is 18.9 Å². The molecule has 0 aliphatic carbocycles. The zero-order chi connectivity index (χ0) is 15.0. The van der Waals surface area contributed by atoms with E-state index in [-0.39, 0.29) is 10.6 Å². The maximum atomic E-state index is 11.1. The van der Waals surface area contributed by atoms with E-state index in [0.717, 1.165) is 25.1 Å². The van der Waals surface area contributed by atoms with Gasteiger partial charge in [-0.2, -0.15) is 0 Å². The molecule has 1 aromatic rings. The monoisotopic (exact) mass is 281 g/mol. The van der Waals surface area contributed by atoms with E-state index in [4.69, 9.17) is 4.74 Å². The fourth-order valence-electron chi connectivity index (χ4n) is 1.94. The second-order valence-corrected chi connectivity index (χ2v) is 4.73. The predicted molar refractivity (Wildman–Crippen MR) is 80.1 cm³/mol. The second-order valence-electron chi connectivity index (χ2n) is 4.73. The molecule has 112 valence electrons. The Labute approximate surface area is 119 Å². The van der Waals surface area contributed by atoms with Crippen LogP contribution in [0.3, 0.4) is 0 Å². The largest absolute Gasteiger partial charge is 0.383 e. The van der Waals surface area contributed by atoms with Crippen LogP contribution < -0.4 is 5.32 Å². The van der Waals surface area contributed by atoms with Crippen LogP contribution in [0.2, 0.25) is 0 Å². The first-order chi connectivity index (χ1) is 9.60. The Bertz CT molecular complexity index is 438. The summed E-state index contributed by atoms with van der Waals surface area (Å²) in [7, 11) is 3.64. The molecule has 0 aliphatic heterocycles. The lowest BCUT2D eigenvalue weighted by atomic mass is 10.1. The van der Waals surface area contributed by atoms with E-state index < -0.39 is 0 Å². The van der Waals surface area contributed by atoms with E-state index in [1.165, 1.54) is 6.07 Å². The van der Waals surface area contributed by atoms with Crippen LogP contribution in [0, 0.1) is 10.1 Å². The van der Waals surface area contributed by atoms with Crippen molar-refractivity contribution in [2.24, 2.45) is 0 Å². The number of nitro groups is 1. The Morgan fingerprint density at radius 3 is 2.80 bits per heavy atom. The highest BCUT2D eigenvalue weighted by molar-refractivity contribution is 5.66.